The van der Waals surface area contributed by atoms with Crippen LogP contribution < -0.4 is 9.64 Å². The fraction of sp³-hybridized carbons (Fsp3) is 0.381. The van der Waals surface area contributed by atoms with Crippen molar-refractivity contribution in [2.24, 2.45) is 0 Å². The number of para-hydroxylation sites is 2. The molecule has 1 heterocycles. The molecule has 1 amide bonds. The third-order valence-electron chi connectivity index (χ3n) is 5.03. The van der Waals surface area contributed by atoms with Crippen LogP contribution in [-0.2, 0) is 4.79 Å². The summed E-state index contributed by atoms with van der Waals surface area (Å²) in [6, 6.07) is 18.0. The van der Waals surface area contributed by atoms with Crippen molar-refractivity contribution in [1.29, 1.82) is 0 Å². The van der Waals surface area contributed by atoms with Crippen LogP contribution in [0.5, 0.6) is 5.75 Å². The first-order chi connectivity index (χ1) is 12.3. The number of carbonyl (C=O) groups is 1. The highest BCUT2D eigenvalue weighted by Crippen LogP contribution is 2.40. The Morgan fingerprint density at radius 3 is 2.56 bits per heavy atom. The van der Waals surface area contributed by atoms with Gasteiger partial charge in [-0.25, -0.2) is 0 Å². The molecular weight excluding hydrogens is 330 g/mol. The number of fused-ring (bicyclic) bond motifs is 1. The van der Waals surface area contributed by atoms with E-state index in [9.17, 15) is 4.79 Å². The zero-order valence-electron chi connectivity index (χ0n) is 14.3. The molecule has 0 aromatic heterocycles. The van der Waals surface area contributed by atoms with Gasteiger partial charge in [0, 0.05) is 5.25 Å². The first-order valence-electron chi connectivity index (χ1n) is 9.03. The lowest BCUT2D eigenvalue weighted by Gasteiger charge is -2.37. The van der Waals surface area contributed by atoms with Gasteiger partial charge in [-0.2, -0.15) is 0 Å². The van der Waals surface area contributed by atoms with Crippen LogP contribution in [0.3, 0.4) is 0 Å². The minimum Gasteiger partial charge on any atom is -0.489 e. The molecule has 130 valence electrons. The fourth-order valence-electron chi connectivity index (χ4n) is 3.73. The lowest BCUT2D eigenvalue weighted by Crippen LogP contribution is -2.42. The van der Waals surface area contributed by atoms with Crippen molar-refractivity contribution in [3.8, 4) is 5.75 Å². The average molecular weight is 353 g/mol. The van der Waals surface area contributed by atoms with Gasteiger partial charge in [0.1, 0.15) is 12.4 Å². The molecule has 1 aliphatic carbocycles. The summed E-state index contributed by atoms with van der Waals surface area (Å²) in [6.45, 7) is 0.501. The summed E-state index contributed by atoms with van der Waals surface area (Å²) >= 11 is 1.83. The van der Waals surface area contributed by atoms with Crippen LogP contribution in [0, 0.1) is 0 Å². The zero-order chi connectivity index (χ0) is 17.1. The van der Waals surface area contributed by atoms with Crippen LogP contribution in [0.2, 0.25) is 0 Å². The lowest BCUT2D eigenvalue weighted by atomic mass is 10.0. The molecule has 2 aromatic carbocycles. The SMILES string of the molecule is O=C(CSC1CCCC1)N1c2ccccc2OCC1c1ccccc1. The van der Waals surface area contributed by atoms with Crippen LogP contribution in [0.1, 0.15) is 37.3 Å². The van der Waals surface area contributed by atoms with Gasteiger partial charge in [-0.3, -0.25) is 9.69 Å². The van der Waals surface area contributed by atoms with E-state index in [-0.39, 0.29) is 11.9 Å². The first-order valence-corrected chi connectivity index (χ1v) is 10.1. The quantitative estimate of drug-likeness (QED) is 0.788. The van der Waals surface area contributed by atoms with E-state index in [0.29, 0.717) is 17.6 Å². The van der Waals surface area contributed by atoms with Crippen LogP contribution in [-0.4, -0.2) is 23.5 Å². The van der Waals surface area contributed by atoms with Gasteiger partial charge < -0.3 is 4.74 Å². The summed E-state index contributed by atoms with van der Waals surface area (Å²) < 4.78 is 5.95. The van der Waals surface area contributed by atoms with Gasteiger partial charge in [0.05, 0.1) is 17.5 Å². The second-order valence-corrected chi connectivity index (χ2v) is 7.98. The Balaban J connectivity index is 1.60. The summed E-state index contributed by atoms with van der Waals surface area (Å²) in [4.78, 5) is 15.1. The lowest BCUT2D eigenvalue weighted by molar-refractivity contribution is -0.117. The van der Waals surface area contributed by atoms with Gasteiger partial charge in [0.2, 0.25) is 5.91 Å². The predicted octanol–water partition coefficient (Wildman–Crippen LogP) is 4.83. The number of benzene rings is 2. The summed E-state index contributed by atoms with van der Waals surface area (Å²) in [5.41, 5.74) is 2.01. The largest absolute Gasteiger partial charge is 0.489 e. The Kier molecular flexibility index (Phi) is 4.97. The van der Waals surface area contributed by atoms with Crippen molar-refractivity contribution >= 4 is 23.4 Å². The number of carbonyl (C=O) groups excluding carboxylic acids is 1. The maximum atomic E-state index is 13.2. The summed E-state index contributed by atoms with van der Waals surface area (Å²) in [6.07, 6.45) is 5.11. The molecule has 1 unspecified atom stereocenters. The van der Waals surface area contributed by atoms with Gasteiger partial charge >= 0.3 is 0 Å². The number of hydrogen-bond donors (Lipinski definition) is 0. The van der Waals surface area contributed by atoms with E-state index in [0.717, 1.165) is 17.0 Å². The number of anilines is 1. The van der Waals surface area contributed by atoms with E-state index in [2.05, 4.69) is 12.1 Å². The van der Waals surface area contributed by atoms with Crippen LogP contribution in [0.4, 0.5) is 5.69 Å². The highest BCUT2D eigenvalue weighted by molar-refractivity contribution is 8.00. The Hall–Kier alpha value is -1.94. The molecule has 1 aliphatic heterocycles. The molecule has 2 aliphatic rings. The molecule has 0 N–H and O–H groups in total. The molecule has 25 heavy (non-hydrogen) atoms. The highest BCUT2D eigenvalue weighted by atomic mass is 32.2. The van der Waals surface area contributed by atoms with Crippen molar-refractivity contribution in [1.82, 2.24) is 0 Å². The minimum absolute atomic E-state index is 0.0622. The maximum Gasteiger partial charge on any atom is 0.237 e. The van der Waals surface area contributed by atoms with Crippen molar-refractivity contribution in [2.75, 3.05) is 17.3 Å². The Bertz CT molecular complexity index is 728. The van der Waals surface area contributed by atoms with Crippen LogP contribution in [0.15, 0.2) is 54.6 Å². The van der Waals surface area contributed by atoms with Gasteiger partial charge in [-0.15, -0.1) is 11.8 Å². The molecule has 2 aromatic rings. The molecule has 1 fully saturated rings. The number of hydrogen-bond acceptors (Lipinski definition) is 3. The Morgan fingerprint density at radius 2 is 1.76 bits per heavy atom. The number of ether oxygens (including phenoxy) is 1. The number of rotatable bonds is 4. The van der Waals surface area contributed by atoms with Crippen molar-refractivity contribution < 1.29 is 9.53 Å². The minimum atomic E-state index is -0.0622. The topological polar surface area (TPSA) is 29.5 Å². The maximum absolute atomic E-state index is 13.2. The molecule has 3 nitrogen and oxygen atoms in total. The van der Waals surface area contributed by atoms with E-state index >= 15 is 0 Å². The number of amides is 1. The van der Waals surface area contributed by atoms with E-state index < -0.39 is 0 Å². The Labute approximate surface area is 153 Å². The second kappa shape index (κ2) is 7.52. The summed E-state index contributed by atoms with van der Waals surface area (Å²) in [5, 5.41) is 0.649. The second-order valence-electron chi connectivity index (χ2n) is 6.69. The smallest absolute Gasteiger partial charge is 0.237 e. The molecule has 0 bridgehead atoms. The molecule has 4 heteroatoms. The first kappa shape index (κ1) is 16.5. The monoisotopic (exact) mass is 353 g/mol. The molecule has 0 radical (unpaired) electrons. The van der Waals surface area contributed by atoms with E-state index in [1.54, 1.807) is 0 Å². The summed E-state index contributed by atoms with van der Waals surface area (Å²) in [5.74, 6) is 1.53. The van der Waals surface area contributed by atoms with Crippen LogP contribution >= 0.6 is 11.8 Å². The average Bonchev–Trinajstić information content (AvgIpc) is 3.19. The molecule has 1 atom stereocenters. The van der Waals surface area contributed by atoms with Crippen molar-refractivity contribution in [3.63, 3.8) is 0 Å². The summed E-state index contributed by atoms with van der Waals surface area (Å²) in [7, 11) is 0. The number of nitrogens with zero attached hydrogens (tertiary/aromatic N) is 1. The molecule has 1 saturated carbocycles. The van der Waals surface area contributed by atoms with Gasteiger partial charge in [0.25, 0.3) is 0 Å². The van der Waals surface area contributed by atoms with Crippen molar-refractivity contribution in [2.45, 2.75) is 37.0 Å². The van der Waals surface area contributed by atoms with Crippen molar-refractivity contribution in [3.05, 3.63) is 60.2 Å². The molecule has 4 rings (SSSR count). The zero-order valence-corrected chi connectivity index (χ0v) is 15.1. The van der Waals surface area contributed by atoms with Gasteiger partial charge in [-0.1, -0.05) is 55.3 Å². The molecule has 0 spiro atoms. The third-order valence-corrected chi connectivity index (χ3v) is 6.39. The number of thioether (sulfide) groups is 1. The van der Waals surface area contributed by atoms with Crippen LogP contribution in [0.25, 0.3) is 0 Å². The highest BCUT2D eigenvalue weighted by Gasteiger charge is 2.33. The van der Waals surface area contributed by atoms with E-state index in [1.807, 2.05) is 59.1 Å². The van der Waals surface area contributed by atoms with Gasteiger partial charge in [-0.05, 0) is 30.5 Å². The normalized spacial score (nSPS) is 20.2. The Morgan fingerprint density at radius 1 is 1.04 bits per heavy atom. The standard InChI is InChI=1S/C21H23NO2S/c23-21(15-25-17-10-4-5-11-17)22-18-12-6-7-13-20(18)24-14-19(22)16-8-2-1-3-9-16/h1-3,6-9,12-13,17,19H,4-5,10-11,14-15H2. The van der Waals surface area contributed by atoms with E-state index in [4.69, 9.17) is 4.74 Å². The fourth-order valence-corrected chi connectivity index (χ4v) is 4.92. The van der Waals surface area contributed by atoms with Gasteiger partial charge in [0.15, 0.2) is 0 Å². The third kappa shape index (κ3) is 3.54. The predicted molar refractivity (Wildman–Crippen MR) is 103 cm³/mol. The molecule has 0 saturated heterocycles. The van der Waals surface area contributed by atoms with E-state index in [1.165, 1.54) is 25.7 Å². The molecular formula is C21H23NO2S.